The molecule has 0 radical (unpaired) electrons. The van der Waals surface area contributed by atoms with E-state index in [1.807, 2.05) is 6.07 Å². The van der Waals surface area contributed by atoms with Crippen LogP contribution >= 0.6 is 0 Å². The van der Waals surface area contributed by atoms with E-state index in [1.54, 1.807) is 6.26 Å². The summed E-state index contributed by atoms with van der Waals surface area (Å²) in [6, 6.07) is 10.7. The smallest absolute Gasteiger partial charge is 0.125 e. The highest BCUT2D eigenvalue weighted by Gasteiger charge is 2.09. The monoisotopic (exact) mass is 300 g/mol. The molecule has 1 fully saturated rings. The minimum Gasteiger partial charge on any atom is -0.467 e. The van der Waals surface area contributed by atoms with E-state index in [1.165, 1.54) is 11.1 Å². The SMILES string of the molecule is Cc1ccoc1CNc1ccc(CCN2CCOCC2)cc1. The second kappa shape index (κ2) is 7.47. The molecule has 3 rings (SSSR count). The van der Waals surface area contributed by atoms with Crippen LogP contribution in [0.25, 0.3) is 0 Å². The molecule has 118 valence electrons. The van der Waals surface area contributed by atoms with Gasteiger partial charge in [0.05, 0.1) is 26.0 Å². The van der Waals surface area contributed by atoms with Crippen LogP contribution in [0.1, 0.15) is 16.9 Å². The van der Waals surface area contributed by atoms with Crippen molar-refractivity contribution in [2.24, 2.45) is 0 Å². The molecule has 0 amide bonds. The van der Waals surface area contributed by atoms with Gasteiger partial charge in [-0.15, -0.1) is 0 Å². The number of hydrogen-bond donors (Lipinski definition) is 1. The van der Waals surface area contributed by atoms with Gasteiger partial charge in [0.2, 0.25) is 0 Å². The highest BCUT2D eigenvalue weighted by molar-refractivity contribution is 5.45. The first-order valence-electron chi connectivity index (χ1n) is 7.97. The van der Waals surface area contributed by atoms with Crippen LogP contribution in [-0.4, -0.2) is 37.7 Å². The molecular weight excluding hydrogens is 276 g/mol. The molecule has 0 unspecified atom stereocenters. The number of hydrogen-bond acceptors (Lipinski definition) is 4. The summed E-state index contributed by atoms with van der Waals surface area (Å²) in [5.74, 6) is 0.997. The number of nitrogens with zero attached hydrogens (tertiary/aromatic N) is 1. The van der Waals surface area contributed by atoms with Crippen molar-refractivity contribution in [3.05, 3.63) is 53.5 Å². The van der Waals surface area contributed by atoms with Crippen molar-refractivity contribution in [3.63, 3.8) is 0 Å². The standard InChI is InChI=1S/C18H24N2O2/c1-15-7-11-22-18(15)14-19-17-4-2-16(3-5-17)6-8-20-9-12-21-13-10-20/h2-5,7,11,19H,6,8-10,12-14H2,1H3. The predicted octanol–water partition coefficient (Wildman–Crippen LogP) is 3.07. The maximum atomic E-state index is 5.44. The van der Waals surface area contributed by atoms with Gasteiger partial charge in [0.25, 0.3) is 0 Å². The number of aryl methyl sites for hydroxylation is 1. The topological polar surface area (TPSA) is 37.6 Å². The number of furan rings is 1. The Bertz CT molecular complexity index is 571. The predicted molar refractivity (Wildman–Crippen MR) is 88.2 cm³/mol. The number of rotatable bonds is 6. The summed E-state index contributed by atoms with van der Waals surface area (Å²) in [6.45, 7) is 7.76. The maximum absolute atomic E-state index is 5.44. The van der Waals surface area contributed by atoms with Crippen LogP contribution in [0.5, 0.6) is 0 Å². The molecule has 1 saturated heterocycles. The van der Waals surface area contributed by atoms with E-state index in [0.29, 0.717) is 0 Å². The number of anilines is 1. The largest absolute Gasteiger partial charge is 0.467 e. The van der Waals surface area contributed by atoms with Crippen LogP contribution in [-0.2, 0) is 17.7 Å². The lowest BCUT2D eigenvalue weighted by Crippen LogP contribution is -2.37. The fourth-order valence-electron chi connectivity index (χ4n) is 2.67. The summed E-state index contributed by atoms with van der Waals surface area (Å²) >= 11 is 0. The van der Waals surface area contributed by atoms with E-state index in [0.717, 1.165) is 57.3 Å². The van der Waals surface area contributed by atoms with E-state index >= 15 is 0 Å². The van der Waals surface area contributed by atoms with Crippen LogP contribution in [0.15, 0.2) is 41.0 Å². The second-order valence-corrected chi connectivity index (χ2v) is 5.78. The third-order valence-corrected chi connectivity index (χ3v) is 4.20. The van der Waals surface area contributed by atoms with Gasteiger partial charge in [0.15, 0.2) is 0 Å². The highest BCUT2D eigenvalue weighted by Crippen LogP contribution is 2.14. The molecule has 0 aliphatic carbocycles. The third kappa shape index (κ3) is 4.12. The van der Waals surface area contributed by atoms with E-state index in [-0.39, 0.29) is 0 Å². The lowest BCUT2D eigenvalue weighted by molar-refractivity contribution is 0.0384. The average molecular weight is 300 g/mol. The molecule has 0 spiro atoms. The minimum absolute atomic E-state index is 0.728. The minimum atomic E-state index is 0.728. The van der Waals surface area contributed by atoms with Crippen molar-refractivity contribution in [2.75, 3.05) is 38.2 Å². The van der Waals surface area contributed by atoms with Crippen LogP contribution in [0.3, 0.4) is 0 Å². The fraction of sp³-hybridized carbons (Fsp3) is 0.444. The van der Waals surface area contributed by atoms with Gasteiger partial charge in [-0.3, -0.25) is 4.90 Å². The lowest BCUT2D eigenvalue weighted by Gasteiger charge is -2.26. The normalized spacial score (nSPS) is 15.9. The van der Waals surface area contributed by atoms with E-state index in [9.17, 15) is 0 Å². The molecule has 4 nitrogen and oxygen atoms in total. The van der Waals surface area contributed by atoms with Gasteiger partial charge in [0, 0.05) is 25.3 Å². The Hall–Kier alpha value is -1.78. The Morgan fingerprint density at radius 2 is 1.86 bits per heavy atom. The number of morpholine rings is 1. The summed E-state index contributed by atoms with van der Waals surface area (Å²) in [5, 5.41) is 3.40. The molecule has 2 heterocycles. The molecule has 1 aliphatic heterocycles. The van der Waals surface area contributed by atoms with Gasteiger partial charge in [-0.1, -0.05) is 12.1 Å². The van der Waals surface area contributed by atoms with E-state index in [2.05, 4.69) is 41.4 Å². The molecule has 1 N–H and O–H groups in total. The number of nitrogens with one attached hydrogen (secondary N) is 1. The molecule has 22 heavy (non-hydrogen) atoms. The molecule has 1 aromatic carbocycles. The molecule has 0 bridgehead atoms. The number of benzene rings is 1. The quantitative estimate of drug-likeness (QED) is 0.889. The Morgan fingerprint density at radius 3 is 2.55 bits per heavy atom. The second-order valence-electron chi connectivity index (χ2n) is 5.78. The Balaban J connectivity index is 1.46. The summed E-state index contributed by atoms with van der Waals surface area (Å²) in [7, 11) is 0. The lowest BCUT2D eigenvalue weighted by atomic mass is 10.1. The highest BCUT2D eigenvalue weighted by atomic mass is 16.5. The van der Waals surface area contributed by atoms with Crippen LogP contribution in [0, 0.1) is 6.92 Å². The molecule has 2 aromatic rings. The van der Waals surface area contributed by atoms with Crippen molar-refractivity contribution in [3.8, 4) is 0 Å². The zero-order chi connectivity index (χ0) is 15.2. The Labute approximate surface area is 132 Å². The Kier molecular flexibility index (Phi) is 5.14. The third-order valence-electron chi connectivity index (χ3n) is 4.20. The van der Waals surface area contributed by atoms with Crippen LogP contribution in [0.2, 0.25) is 0 Å². The average Bonchev–Trinajstić information content (AvgIpc) is 2.98. The van der Waals surface area contributed by atoms with Gasteiger partial charge in [-0.25, -0.2) is 0 Å². The van der Waals surface area contributed by atoms with Crippen molar-refractivity contribution in [2.45, 2.75) is 19.9 Å². The van der Waals surface area contributed by atoms with E-state index < -0.39 is 0 Å². The van der Waals surface area contributed by atoms with Crippen molar-refractivity contribution in [1.29, 1.82) is 0 Å². The first-order valence-corrected chi connectivity index (χ1v) is 7.97. The molecular formula is C18H24N2O2. The van der Waals surface area contributed by atoms with Gasteiger partial charge >= 0.3 is 0 Å². The maximum Gasteiger partial charge on any atom is 0.125 e. The molecule has 4 heteroatoms. The van der Waals surface area contributed by atoms with Crippen molar-refractivity contribution < 1.29 is 9.15 Å². The zero-order valence-corrected chi connectivity index (χ0v) is 13.2. The Morgan fingerprint density at radius 1 is 1.09 bits per heavy atom. The summed E-state index contributed by atoms with van der Waals surface area (Å²) in [5.41, 5.74) is 3.70. The van der Waals surface area contributed by atoms with Crippen LogP contribution < -0.4 is 5.32 Å². The van der Waals surface area contributed by atoms with Crippen LogP contribution in [0.4, 0.5) is 5.69 Å². The van der Waals surface area contributed by atoms with Gasteiger partial charge in [0.1, 0.15) is 5.76 Å². The van der Waals surface area contributed by atoms with E-state index in [4.69, 9.17) is 9.15 Å². The first kappa shape index (κ1) is 15.1. The van der Waals surface area contributed by atoms with Crippen molar-refractivity contribution >= 4 is 5.69 Å². The summed E-state index contributed by atoms with van der Waals surface area (Å²) in [4.78, 5) is 2.47. The van der Waals surface area contributed by atoms with Gasteiger partial charge in [-0.2, -0.15) is 0 Å². The zero-order valence-electron chi connectivity index (χ0n) is 13.2. The fourth-order valence-corrected chi connectivity index (χ4v) is 2.67. The summed E-state index contributed by atoms with van der Waals surface area (Å²) < 4.78 is 10.8. The molecule has 0 saturated carbocycles. The van der Waals surface area contributed by atoms with Gasteiger partial charge < -0.3 is 14.5 Å². The first-order chi connectivity index (χ1) is 10.8. The number of ether oxygens (including phenoxy) is 1. The molecule has 0 atom stereocenters. The van der Waals surface area contributed by atoms with Gasteiger partial charge in [-0.05, 0) is 42.7 Å². The summed E-state index contributed by atoms with van der Waals surface area (Å²) in [6.07, 6.45) is 2.83. The molecule has 1 aliphatic rings. The molecule has 1 aromatic heterocycles. The van der Waals surface area contributed by atoms with Crippen molar-refractivity contribution in [1.82, 2.24) is 4.90 Å².